The molecule has 184 valence electrons. The highest BCUT2D eigenvalue weighted by molar-refractivity contribution is 9.10. The van der Waals surface area contributed by atoms with Crippen molar-refractivity contribution in [2.45, 2.75) is 11.7 Å². The van der Waals surface area contributed by atoms with Gasteiger partial charge in [-0.15, -0.1) is 10.2 Å². The van der Waals surface area contributed by atoms with Crippen LogP contribution in [-0.4, -0.2) is 32.3 Å². The highest BCUT2D eigenvalue weighted by Gasteiger charge is 2.18. The van der Waals surface area contributed by atoms with E-state index in [2.05, 4.69) is 36.8 Å². The number of anilines is 1. The molecule has 0 radical (unpaired) electrons. The average Bonchev–Trinajstić information content (AvgIpc) is 3.27. The summed E-state index contributed by atoms with van der Waals surface area (Å²) in [6, 6.07) is 16.0. The number of nitrogens with one attached hydrogen (secondary N) is 2. The molecule has 0 saturated heterocycles. The minimum atomic E-state index is -0.418. The average molecular weight is 593 g/mol. The van der Waals surface area contributed by atoms with Gasteiger partial charge in [0.15, 0.2) is 11.0 Å². The van der Waals surface area contributed by atoms with E-state index in [1.807, 2.05) is 0 Å². The van der Waals surface area contributed by atoms with Crippen LogP contribution in [0, 0.1) is 11.6 Å². The van der Waals surface area contributed by atoms with E-state index in [-0.39, 0.29) is 23.8 Å². The quantitative estimate of drug-likeness (QED) is 0.259. The van der Waals surface area contributed by atoms with Crippen LogP contribution in [0.2, 0.25) is 5.02 Å². The van der Waals surface area contributed by atoms with E-state index in [1.54, 1.807) is 22.8 Å². The lowest BCUT2D eigenvalue weighted by Gasteiger charge is -2.12. The maximum Gasteiger partial charge on any atom is 0.253 e. The molecule has 0 aliphatic carbocycles. The molecular weight excluding hydrogens is 576 g/mol. The van der Waals surface area contributed by atoms with Gasteiger partial charge in [-0.05, 0) is 66.7 Å². The fourth-order valence-electron chi connectivity index (χ4n) is 3.14. The molecule has 0 saturated carbocycles. The molecule has 0 unspecified atom stereocenters. The topological polar surface area (TPSA) is 88.9 Å². The molecule has 1 heterocycles. The molecule has 4 aromatic rings. The minimum absolute atomic E-state index is 0.00557. The van der Waals surface area contributed by atoms with E-state index in [0.29, 0.717) is 31.9 Å². The Balaban J connectivity index is 1.51. The predicted molar refractivity (Wildman–Crippen MR) is 137 cm³/mol. The van der Waals surface area contributed by atoms with Gasteiger partial charge >= 0.3 is 0 Å². The van der Waals surface area contributed by atoms with Crippen LogP contribution >= 0.6 is 39.3 Å². The molecule has 7 nitrogen and oxygen atoms in total. The molecule has 12 heteroatoms. The zero-order valence-corrected chi connectivity index (χ0v) is 21.5. The number of halogens is 4. The van der Waals surface area contributed by atoms with Crippen molar-refractivity contribution >= 4 is 56.8 Å². The molecule has 36 heavy (non-hydrogen) atoms. The van der Waals surface area contributed by atoms with Gasteiger partial charge in [-0.25, -0.2) is 8.78 Å². The molecule has 4 rings (SSSR count). The zero-order chi connectivity index (χ0) is 25.7. The molecule has 1 aromatic heterocycles. The lowest BCUT2D eigenvalue weighted by Crippen LogP contribution is -2.25. The fourth-order valence-corrected chi connectivity index (χ4v) is 4.48. The third-order valence-corrected chi connectivity index (χ3v) is 6.58. The van der Waals surface area contributed by atoms with Crippen molar-refractivity contribution in [3.8, 4) is 5.69 Å². The van der Waals surface area contributed by atoms with Crippen molar-refractivity contribution in [1.82, 2.24) is 20.1 Å². The summed E-state index contributed by atoms with van der Waals surface area (Å²) in [5.74, 6) is -1.23. The summed E-state index contributed by atoms with van der Waals surface area (Å²) in [6.07, 6.45) is 0. The Morgan fingerprint density at radius 3 is 2.33 bits per heavy atom. The van der Waals surface area contributed by atoms with Crippen molar-refractivity contribution in [1.29, 1.82) is 0 Å². The largest absolute Gasteiger partial charge is 0.345 e. The van der Waals surface area contributed by atoms with Gasteiger partial charge in [0.2, 0.25) is 5.91 Å². The normalized spacial score (nSPS) is 10.8. The maximum atomic E-state index is 13.5. The smallest absolute Gasteiger partial charge is 0.253 e. The van der Waals surface area contributed by atoms with Crippen LogP contribution in [0.3, 0.4) is 0 Å². The second kappa shape index (κ2) is 11.6. The molecule has 0 spiro atoms. The summed E-state index contributed by atoms with van der Waals surface area (Å²) in [7, 11) is 0. The van der Waals surface area contributed by atoms with Gasteiger partial charge in [0.1, 0.15) is 11.6 Å². The molecule has 0 aliphatic heterocycles. The summed E-state index contributed by atoms with van der Waals surface area (Å²) >= 11 is 10.6. The summed E-state index contributed by atoms with van der Waals surface area (Å²) in [6.45, 7) is -0.00557. The van der Waals surface area contributed by atoms with Crippen LogP contribution in [0.4, 0.5) is 14.5 Å². The number of nitrogens with zero attached hydrogens (tertiary/aromatic N) is 3. The van der Waals surface area contributed by atoms with Gasteiger partial charge in [0, 0.05) is 15.8 Å². The van der Waals surface area contributed by atoms with Crippen LogP contribution in [-0.2, 0) is 11.3 Å². The summed E-state index contributed by atoms with van der Waals surface area (Å²) in [5, 5.41) is 14.4. The second-order valence-corrected chi connectivity index (χ2v) is 9.63. The van der Waals surface area contributed by atoms with Crippen LogP contribution in [0.15, 0.2) is 76.4 Å². The Labute approximate surface area is 222 Å². The molecular formula is C24H17BrClF2N5O2S. The zero-order valence-electron chi connectivity index (χ0n) is 18.3. The maximum absolute atomic E-state index is 13.5. The number of rotatable bonds is 8. The van der Waals surface area contributed by atoms with Crippen molar-refractivity contribution in [3.05, 3.63) is 99.2 Å². The van der Waals surface area contributed by atoms with E-state index in [9.17, 15) is 18.4 Å². The number of thioether (sulfide) groups is 1. The monoisotopic (exact) mass is 591 g/mol. The van der Waals surface area contributed by atoms with E-state index in [0.717, 1.165) is 11.8 Å². The van der Waals surface area contributed by atoms with Crippen molar-refractivity contribution in [3.63, 3.8) is 0 Å². The van der Waals surface area contributed by atoms with Crippen LogP contribution < -0.4 is 10.6 Å². The molecule has 0 atom stereocenters. The number of benzene rings is 3. The molecule has 0 aliphatic rings. The first-order valence-electron chi connectivity index (χ1n) is 10.4. The number of carbonyl (C=O) groups excluding carboxylic acids is 2. The Bertz CT molecular complexity index is 1400. The van der Waals surface area contributed by atoms with Gasteiger partial charge in [0.05, 0.1) is 22.9 Å². The third-order valence-electron chi connectivity index (χ3n) is 4.83. The van der Waals surface area contributed by atoms with Gasteiger partial charge in [-0.2, -0.15) is 0 Å². The predicted octanol–water partition coefficient (Wildman–Crippen LogP) is 5.62. The number of amides is 2. The fraction of sp³-hybridized carbons (Fsp3) is 0.0833. The van der Waals surface area contributed by atoms with Gasteiger partial charge in [-0.1, -0.05) is 39.3 Å². The van der Waals surface area contributed by atoms with Crippen LogP contribution in [0.5, 0.6) is 0 Å². The molecule has 0 bridgehead atoms. The lowest BCUT2D eigenvalue weighted by molar-refractivity contribution is -0.113. The molecule has 3 aromatic carbocycles. The van der Waals surface area contributed by atoms with Crippen LogP contribution in [0.25, 0.3) is 5.69 Å². The minimum Gasteiger partial charge on any atom is -0.345 e. The first kappa shape index (κ1) is 25.8. The van der Waals surface area contributed by atoms with Crippen LogP contribution in [0.1, 0.15) is 16.2 Å². The summed E-state index contributed by atoms with van der Waals surface area (Å²) in [5.41, 5.74) is 1.29. The second-order valence-electron chi connectivity index (χ2n) is 7.36. The van der Waals surface area contributed by atoms with E-state index >= 15 is 0 Å². The van der Waals surface area contributed by atoms with Crippen molar-refractivity contribution in [2.24, 2.45) is 0 Å². The number of aromatic nitrogens is 3. The van der Waals surface area contributed by atoms with Gasteiger partial charge < -0.3 is 10.6 Å². The summed E-state index contributed by atoms with van der Waals surface area (Å²) < 4.78 is 28.9. The van der Waals surface area contributed by atoms with Crippen molar-refractivity contribution < 1.29 is 18.4 Å². The Morgan fingerprint density at radius 1 is 0.972 bits per heavy atom. The van der Waals surface area contributed by atoms with E-state index in [4.69, 9.17) is 11.6 Å². The third kappa shape index (κ3) is 6.48. The van der Waals surface area contributed by atoms with Gasteiger partial charge in [0.25, 0.3) is 5.91 Å². The lowest BCUT2D eigenvalue weighted by atomic mass is 10.2. The standard InChI is InChI=1S/C24H17BrClF2N5O2S/c25-14-1-10-20(26)19(11-14)23(35)29-12-21-31-32-24(33(21)18-8-4-16(28)5-9-18)36-13-22(34)30-17-6-2-15(27)3-7-17/h1-11H,12-13H2,(H,29,35)(H,30,34). The number of carbonyl (C=O) groups is 2. The number of hydrogen-bond donors (Lipinski definition) is 2. The molecule has 0 fully saturated rings. The first-order chi connectivity index (χ1) is 17.3. The highest BCUT2D eigenvalue weighted by Crippen LogP contribution is 2.24. The molecule has 2 amide bonds. The Hall–Kier alpha value is -3.28. The Morgan fingerprint density at radius 2 is 1.64 bits per heavy atom. The van der Waals surface area contributed by atoms with Gasteiger partial charge in [-0.3, -0.25) is 14.2 Å². The first-order valence-corrected chi connectivity index (χ1v) is 12.6. The van der Waals surface area contributed by atoms with Crippen molar-refractivity contribution in [2.75, 3.05) is 11.1 Å². The van der Waals surface area contributed by atoms with E-state index in [1.165, 1.54) is 48.5 Å². The van der Waals surface area contributed by atoms with E-state index < -0.39 is 17.5 Å². The number of hydrogen-bond acceptors (Lipinski definition) is 5. The Kier molecular flexibility index (Phi) is 8.34. The SMILES string of the molecule is O=C(CSc1nnc(CNC(=O)c2cc(Br)ccc2Cl)n1-c1ccc(F)cc1)Nc1ccc(F)cc1. The summed E-state index contributed by atoms with van der Waals surface area (Å²) in [4.78, 5) is 25.1. The molecule has 2 N–H and O–H groups in total. The highest BCUT2D eigenvalue weighted by atomic mass is 79.9.